The third-order valence-corrected chi connectivity index (χ3v) is 4.45. The Kier molecular flexibility index (Phi) is 6.84. The molecule has 3 N–H and O–H groups in total. The lowest BCUT2D eigenvalue weighted by Gasteiger charge is -2.22. The van der Waals surface area contributed by atoms with E-state index in [2.05, 4.69) is 34.3 Å². The van der Waals surface area contributed by atoms with E-state index in [0.29, 0.717) is 11.8 Å². The van der Waals surface area contributed by atoms with Crippen molar-refractivity contribution in [3.8, 4) is 0 Å². The molecule has 0 bridgehead atoms. The predicted octanol–water partition coefficient (Wildman–Crippen LogP) is 1.01. The second-order valence-corrected chi connectivity index (χ2v) is 6.35. The van der Waals surface area contributed by atoms with Gasteiger partial charge in [0.2, 0.25) is 5.91 Å². The molecule has 0 aromatic carbocycles. The molecule has 1 aromatic rings. The Balaban J connectivity index is 0.00000242. The highest BCUT2D eigenvalue weighted by molar-refractivity contribution is 5.85. The summed E-state index contributed by atoms with van der Waals surface area (Å²) in [6.07, 6.45) is 0. The van der Waals surface area contributed by atoms with Crippen LogP contribution in [0.25, 0.3) is 0 Å². The Labute approximate surface area is 138 Å². The number of halogens is 1. The van der Waals surface area contributed by atoms with Crippen molar-refractivity contribution in [1.29, 1.82) is 0 Å². The molecular weight excluding hydrogens is 304 g/mol. The van der Waals surface area contributed by atoms with Crippen molar-refractivity contribution in [3.63, 3.8) is 0 Å². The Hall–Kier alpha value is -1.11. The normalized spacial score (nSPS) is 21.9. The summed E-state index contributed by atoms with van der Waals surface area (Å²) in [7, 11) is 0. The molecule has 1 saturated heterocycles. The van der Waals surface area contributed by atoms with E-state index in [1.54, 1.807) is 0 Å². The highest BCUT2D eigenvalue weighted by Gasteiger charge is 2.35. The topological polar surface area (TPSA) is 81.2 Å². The van der Waals surface area contributed by atoms with E-state index < -0.39 is 6.61 Å². The highest BCUT2D eigenvalue weighted by Crippen LogP contribution is 2.26. The molecular formula is C15H27ClN4O2. The number of hydrogen-bond acceptors (Lipinski definition) is 4. The molecule has 0 unspecified atom stereocenters. The van der Waals surface area contributed by atoms with Gasteiger partial charge in [-0.2, -0.15) is 5.10 Å². The van der Waals surface area contributed by atoms with Crippen molar-refractivity contribution in [2.24, 2.45) is 11.8 Å². The molecule has 2 rings (SSSR count). The van der Waals surface area contributed by atoms with E-state index in [4.69, 9.17) is 5.11 Å². The fraction of sp³-hybridized carbons (Fsp3) is 0.733. The molecule has 0 saturated carbocycles. The van der Waals surface area contributed by atoms with Crippen molar-refractivity contribution in [3.05, 3.63) is 17.0 Å². The van der Waals surface area contributed by atoms with Gasteiger partial charge in [-0.25, -0.2) is 0 Å². The van der Waals surface area contributed by atoms with Gasteiger partial charge in [0, 0.05) is 36.9 Å². The molecule has 1 fully saturated rings. The van der Waals surface area contributed by atoms with Gasteiger partial charge in [-0.3, -0.25) is 14.8 Å². The second kappa shape index (κ2) is 7.94. The Morgan fingerprint density at radius 2 is 2.14 bits per heavy atom. The minimum absolute atomic E-state index is 0. The first-order valence-electron chi connectivity index (χ1n) is 7.55. The second-order valence-electron chi connectivity index (χ2n) is 6.35. The maximum atomic E-state index is 11.5. The molecule has 1 aliphatic rings. The summed E-state index contributed by atoms with van der Waals surface area (Å²) < 4.78 is 0. The summed E-state index contributed by atoms with van der Waals surface area (Å²) in [5, 5.41) is 19.1. The summed E-state index contributed by atoms with van der Waals surface area (Å²) in [6, 6.07) is 0.108. The van der Waals surface area contributed by atoms with E-state index in [0.717, 1.165) is 31.0 Å². The van der Waals surface area contributed by atoms with Crippen LogP contribution in [0.1, 0.15) is 30.8 Å². The quantitative estimate of drug-likeness (QED) is 0.752. The first-order chi connectivity index (χ1) is 9.92. The van der Waals surface area contributed by atoms with Crippen molar-refractivity contribution >= 4 is 18.3 Å². The molecule has 6 nitrogen and oxygen atoms in total. The minimum atomic E-state index is -0.443. The van der Waals surface area contributed by atoms with E-state index in [-0.39, 0.29) is 24.4 Å². The maximum absolute atomic E-state index is 11.5. The molecule has 1 aliphatic heterocycles. The Morgan fingerprint density at radius 3 is 2.64 bits per heavy atom. The summed E-state index contributed by atoms with van der Waals surface area (Å²) in [6.45, 7) is 10.6. The third kappa shape index (κ3) is 4.21. The number of nitrogens with zero attached hydrogens (tertiary/aromatic N) is 2. The zero-order chi connectivity index (χ0) is 15.6. The number of aliphatic hydroxyl groups excluding tert-OH is 1. The van der Waals surface area contributed by atoms with Crippen LogP contribution in [0, 0.1) is 25.7 Å². The van der Waals surface area contributed by atoms with Crippen LogP contribution in [-0.4, -0.2) is 51.8 Å². The standard InChI is InChI=1S/C15H26N4O2.ClH/c1-9(2)12-5-19(7-14(12)16-15(21)8-20)6-13-10(3)17-18-11(13)4;/h9,12,14,20H,5-8H2,1-4H3,(H,16,21)(H,17,18);1H/t12-,14+;/m1./s1. The third-order valence-electron chi connectivity index (χ3n) is 4.45. The lowest BCUT2D eigenvalue weighted by molar-refractivity contribution is -0.124. The maximum Gasteiger partial charge on any atom is 0.245 e. The van der Waals surface area contributed by atoms with Gasteiger partial charge in [0.25, 0.3) is 0 Å². The fourth-order valence-electron chi connectivity index (χ4n) is 3.15. The fourth-order valence-corrected chi connectivity index (χ4v) is 3.15. The van der Waals surface area contributed by atoms with Crippen LogP contribution in [0.5, 0.6) is 0 Å². The van der Waals surface area contributed by atoms with Gasteiger partial charge in [-0.15, -0.1) is 12.4 Å². The number of aromatic nitrogens is 2. The van der Waals surface area contributed by atoms with Crippen LogP contribution in [0.2, 0.25) is 0 Å². The summed E-state index contributed by atoms with van der Waals surface area (Å²) in [5.41, 5.74) is 3.39. The number of aliphatic hydroxyl groups is 1. The Morgan fingerprint density at radius 1 is 1.45 bits per heavy atom. The zero-order valence-corrected chi connectivity index (χ0v) is 14.5. The van der Waals surface area contributed by atoms with Crippen molar-refractivity contribution in [2.75, 3.05) is 19.7 Å². The molecule has 2 atom stereocenters. The molecule has 1 aromatic heterocycles. The molecule has 7 heteroatoms. The van der Waals surface area contributed by atoms with Crippen molar-refractivity contribution in [1.82, 2.24) is 20.4 Å². The van der Waals surface area contributed by atoms with Gasteiger partial charge in [0.1, 0.15) is 6.61 Å². The average molecular weight is 331 g/mol. The number of H-pyrrole nitrogens is 1. The van der Waals surface area contributed by atoms with E-state index >= 15 is 0 Å². The molecule has 2 heterocycles. The number of rotatable bonds is 5. The van der Waals surface area contributed by atoms with Crippen LogP contribution >= 0.6 is 12.4 Å². The number of carbonyl (C=O) groups excluding carboxylic acids is 1. The van der Waals surface area contributed by atoms with E-state index in [1.807, 2.05) is 13.8 Å². The van der Waals surface area contributed by atoms with E-state index in [1.165, 1.54) is 5.56 Å². The average Bonchev–Trinajstić information content (AvgIpc) is 2.97. The van der Waals surface area contributed by atoms with Crippen LogP contribution in [0.15, 0.2) is 0 Å². The number of aryl methyl sites for hydroxylation is 2. The first kappa shape index (κ1) is 18.9. The van der Waals surface area contributed by atoms with Crippen LogP contribution in [0.4, 0.5) is 0 Å². The van der Waals surface area contributed by atoms with E-state index in [9.17, 15) is 4.79 Å². The number of aromatic amines is 1. The summed E-state index contributed by atoms with van der Waals surface area (Å²) in [4.78, 5) is 13.8. The zero-order valence-electron chi connectivity index (χ0n) is 13.7. The lowest BCUT2D eigenvalue weighted by Crippen LogP contribution is -2.43. The Bertz CT molecular complexity index is 484. The lowest BCUT2D eigenvalue weighted by atomic mass is 9.91. The number of carbonyl (C=O) groups is 1. The van der Waals surface area contributed by atoms with Gasteiger partial charge in [0.05, 0.1) is 5.69 Å². The molecule has 0 spiro atoms. The van der Waals surface area contributed by atoms with Gasteiger partial charge < -0.3 is 10.4 Å². The smallest absolute Gasteiger partial charge is 0.245 e. The van der Waals surface area contributed by atoms with Crippen LogP contribution in [0.3, 0.4) is 0 Å². The van der Waals surface area contributed by atoms with Crippen LogP contribution in [-0.2, 0) is 11.3 Å². The monoisotopic (exact) mass is 330 g/mol. The highest BCUT2D eigenvalue weighted by atomic mass is 35.5. The number of hydrogen-bond donors (Lipinski definition) is 3. The molecule has 1 amide bonds. The first-order valence-corrected chi connectivity index (χ1v) is 7.55. The minimum Gasteiger partial charge on any atom is -0.387 e. The molecule has 22 heavy (non-hydrogen) atoms. The number of amides is 1. The SMILES string of the molecule is Cc1n[nH]c(C)c1CN1C[C@H](NC(=O)CO)[C@@H](C(C)C)C1.Cl. The summed E-state index contributed by atoms with van der Waals surface area (Å²) >= 11 is 0. The number of nitrogens with one attached hydrogen (secondary N) is 2. The molecule has 0 aliphatic carbocycles. The van der Waals surface area contributed by atoms with Crippen molar-refractivity contribution in [2.45, 2.75) is 40.3 Å². The van der Waals surface area contributed by atoms with Gasteiger partial charge in [-0.1, -0.05) is 13.8 Å². The summed E-state index contributed by atoms with van der Waals surface area (Å²) in [5.74, 6) is 0.613. The largest absolute Gasteiger partial charge is 0.387 e. The number of likely N-dealkylation sites (tertiary alicyclic amines) is 1. The van der Waals surface area contributed by atoms with Crippen molar-refractivity contribution < 1.29 is 9.90 Å². The van der Waals surface area contributed by atoms with Gasteiger partial charge in [-0.05, 0) is 25.7 Å². The van der Waals surface area contributed by atoms with Gasteiger partial charge >= 0.3 is 0 Å². The van der Waals surface area contributed by atoms with Crippen LogP contribution < -0.4 is 5.32 Å². The molecule has 126 valence electrons. The predicted molar refractivity (Wildman–Crippen MR) is 87.9 cm³/mol. The molecule has 0 radical (unpaired) electrons. The van der Waals surface area contributed by atoms with Gasteiger partial charge in [0.15, 0.2) is 0 Å².